The number of anilines is 1. The first kappa shape index (κ1) is 14.1. The Bertz CT molecular complexity index is 493. The maximum absolute atomic E-state index is 11.3. The highest BCUT2D eigenvalue weighted by molar-refractivity contribution is 8.13. The summed E-state index contributed by atoms with van der Waals surface area (Å²) in [6.45, 7) is 1.79. The summed E-state index contributed by atoms with van der Waals surface area (Å²) in [5.74, 6) is -0.0450. The third kappa shape index (κ3) is 4.47. The largest absolute Gasteiger partial charge is 0.326 e. The Balaban J connectivity index is 2.88. The minimum absolute atomic E-state index is 0.0450. The van der Waals surface area contributed by atoms with E-state index in [1.54, 1.807) is 31.2 Å². The quantitative estimate of drug-likeness (QED) is 0.379. The van der Waals surface area contributed by atoms with E-state index in [0.29, 0.717) is 23.0 Å². The van der Waals surface area contributed by atoms with Crippen molar-refractivity contribution < 1.29 is 4.79 Å². The summed E-state index contributed by atoms with van der Waals surface area (Å²) in [6.07, 6.45) is 4.08. The van der Waals surface area contributed by atoms with Gasteiger partial charge in [-0.25, -0.2) is 4.99 Å². The SMILES string of the molecule is CCC(=O)Nc1cccc(N=C(NC#N)SC)c1. The van der Waals surface area contributed by atoms with E-state index < -0.39 is 0 Å². The molecule has 0 fully saturated rings. The van der Waals surface area contributed by atoms with Crippen LogP contribution in [0, 0.1) is 11.5 Å². The van der Waals surface area contributed by atoms with E-state index in [9.17, 15) is 4.79 Å². The highest BCUT2D eigenvalue weighted by Crippen LogP contribution is 2.19. The van der Waals surface area contributed by atoms with Crippen LogP contribution < -0.4 is 10.6 Å². The Kier molecular flexibility index (Phi) is 5.74. The van der Waals surface area contributed by atoms with Crippen LogP contribution in [-0.2, 0) is 4.79 Å². The molecule has 5 nitrogen and oxygen atoms in total. The van der Waals surface area contributed by atoms with Crippen molar-refractivity contribution in [2.24, 2.45) is 4.99 Å². The van der Waals surface area contributed by atoms with Gasteiger partial charge in [0.25, 0.3) is 0 Å². The average molecular weight is 262 g/mol. The van der Waals surface area contributed by atoms with Crippen LogP contribution in [0.5, 0.6) is 0 Å². The van der Waals surface area contributed by atoms with E-state index in [2.05, 4.69) is 15.6 Å². The molecule has 18 heavy (non-hydrogen) atoms. The number of carbonyl (C=O) groups is 1. The fourth-order valence-corrected chi connectivity index (χ4v) is 1.54. The van der Waals surface area contributed by atoms with Gasteiger partial charge in [0, 0.05) is 12.1 Å². The third-order valence-electron chi connectivity index (χ3n) is 2.04. The van der Waals surface area contributed by atoms with E-state index in [4.69, 9.17) is 5.26 Å². The number of hydrogen-bond donors (Lipinski definition) is 2. The lowest BCUT2D eigenvalue weighted by atomic mass is 10.2. The highest BCUT2D eigenvalue weighted by Gasteiger charge is 2.01. The topological polar surface area (TPSA) is 77.3 Å². The highest BCUT2D eigenvalue weighted by atomic mass is 32.2. The smallest absolute Gasteiger partial charge is 0.224 e. The summed E-state index contributed by atoms with van der Waals surface area (Å²) in [7, 11) is 0. The predicted molar refractivity (Wildman–Crippen MR) is 74.7 cm³/mol. The van der Waals surface area contributed by atoms with E-state index in [1.165, 1.54) is 11.8 Å². The summed E-state index contributed by atoms with van der Waals surface area (Å²) >= 11 is 1.34. The van der Waals surface area contributed by atoms with Gasteiger partial charge in [-0.1, -0.05) is 24.8 Å². The van der Waals surface area contributed by atoms with Crippen molar-refractivity contribution in [1.82, 2.24) is 5.32 Å². The molecule has 94 valence electrons. The minimum Gasteiger partial charge on any atom is -0.326 e. The number of benzene rings is 1. The molecular weight excluding hydrogens is 248 g/mol. The number of thioether (sulfide) groups is 1. The van der Waals surface area contributed by atoms with E-state index in [-0.39, 0.29) is 5.91 Å². The second-order valence-corrected chi connectivity index (χ2v) is 4.10. The standard InChI is InChI=1S/C12H14N4OS/c1-3-11(17)15-9-5-4-6-10(7-9)16-12(18-2)14-8-13/h4-7H,3H2,1-2H3,(H,14,16)(H,15,17). The van der Waals surface area contributed by atoms with Gasteiger partial charge >= 0.3 is 0 Å². The van der Waals surface area contributed by atoms with E-state index >= 15 is 0 Å². The Morgan fingerprint density at radius 2 is 2.33 bits per heavy atom. The molecule has 0 aliphatic rings. The maximum atomic E-state index is 11.3. The van der Waals surface area contributed by atoms with Crippen molar-refractivity contribution in [3.8, 4) is 6.19 Å². The molecule has 1 aromatic carbocycles. The van der Waals surface area contributed by atoms with Gasteiger partial charge in [0.1, 0.15) is 0 Å². The third-order valence-corrected chi connectivity index (χ3v) is 2.62. The molecule has 0 atom stereocenters. The van der Waals surface area contributed by atoms with Gasteiger partial charge < -0.3 is 5.32 Å². The summed E-state index contributed by atoms with van der Waals surface area (Å²) < 4.78 is 0. The van der Waals surface area contributed by atoms with Gasteiger partial charge in [-0.3, -0.25) is 10.1 Å². The number of nitriles is 1. The molecule has 2 N–H and O–H groups in total. The lowest BCUT2D eigenvalue weighted by Crippen LogP contribution is -2.12. The first-order chi connectivity index (χ1) is 8.69. The molecular formula is C12H14N4OS. The average Bonchev–Trinajstić information content (AvgIpc) is 2.38. The first-order valence-corrected chi connectivity index (χ1v) is 6.59. The number of rotatable bonds is 3. The van der Waals surface area contributed by atoms with Crippen LogP contribution in [0.1, 0.15) is 13.3 Å². The van der Waals surface area contributed by atoms with Crippen molar-refractivity contribution >= 4 is 34.2 Å². The number of nitrogens with one attached hydrogen (secondary N) is 2. The molecule has 0 aliphatic carbocycles. The molecule has 0 bridgehead atoms. The number of nitrogens with zero attached hydrogens (tertiary/aromatic N) is 2. The first-order valence-electron chi connectivity index (χ1n) is 5.37. The second-order valence-electron chi connectivity index (χ2n) is 3.31. The van der Waals surface area contributed by atoms with Crippen LogP contribution in [0.25, 0.3) is 0 Å². The zero-order chi connectivity index (χ0) is 13.4. The van der Waals surface area contributed by atoms with Gasteiger partial charge in [0.2, 0.25) is 5.91 Å². The molecule has 1 aromatic rings. The number of hydrogen-bond acceptors (Lipinski definition) is 4. The molecule has 6 heteroatoms. The minimum atomic E-state index is -0.0450. The maximum Gasteiger partial charge on any atom is 0.224 e. The van der Waals surface area contributed by atoms with Crippen LogP contribution >= 0.6 is 11.8 Å². The molecule has 0 spiro atoms. The zero-order valence-corrected chi connectivity index (χ0v) is 11.0. The van der Waals surface area contributed by atoms with E-state index in [1.807, 2.05) is 12.4 Å². The van der Waals surface area contributed by atoms with Crippen LogP contribution in [-0.4, -0.2) is 17.3 Å². The molecule has 0 saturated heterocycles. The van der Waals surface area contributed by atoms with Crippen LogP contribution in [0.4, 0.5) is 11.4 Å². The van der Waals surface area contributed by atoms with Crippen molar-refractivity contribution in [3.05, 3.63) is 24.3 Å². The van der Waals surface area contributed by atoms with Crippen molar-refractivity contribution in [2.75, 3.05) is 11.6 Å². The van der Waals surface area contributed by atoms with Crippen LogP contribution in [0.2, 0.25) is 0 Å². The molecule has 1 rings (SSSR count). The molecule has 1 amide bonds. The summed E-state index contributed by atoms with van der Waals surface area (Å²) in [5, 5.41) is 14.3. The van der Waals surface area contributed by atoms with Gasteiger partial charge in [0.15, 0.2) is 11.4 Å². The Morgan fingerprint density at radius 3 is 2.94 bits per heavy atom. The summed E-state index contributed by atoms with van der Waals surface area (Å²) in [5.41, 5.74) is 1.37. The zero-order valence-electron chi connectivity index (χ0n) is 10.2. The Hall–Kier alpha value is -2.00. The number of amidine groups is 1. The fraction of sp³-hybridized carbons (Fsp3) is 0.250. The number of aliphatic imine (C=N–C) groups is 1. The molecule has 0 aliphatic heterocycles. The monoisotopic (exact) mass is 262 g/mol. The normalized spacial score (nSPS) is 10.6. The van der Waals surface area contributed by atoms with Gasteiger partial charge in [-0.15, -0.1) is 0 Å². The lowest BCUT2D eigenvalue weighted by Gasteiger charge is -2.05. The predicted octanol–water partition coefficient (Wildman–Crippen LogP) is 2.46. The van der Waals surface area contributed by atoms with Crippen LogP contribution in [0.15, 0.2) is 29.3 Å². The van der Waals surface area contributed by atoms with Gasteiger partial charge in [-0.05, 0) is 24.5 Å². The van der Waals surface area contributed by atoms with Crippen molar-refractivity contribution in [2.45, 2.75) is 13.3 Å². The molecule has 0 saturated carbocycles. The molecule has 0 unspecified atom stereocenters. The van der Waals surface area contributed by atoms with E-state index in [0.717, 1.165) is 0 Å². The van der Waals surface area contributed by atoms with Gasteiger partial charge in [-0.2, -0.15) is 5.26 Å². The lowest BCUT2D eigenvalue weighted by molar-refractivity contribution is -0.115. The van der Waals surface area contributed by atoms with Crippen molar-refractivity contribution in [3.63, 3.8) is 0 Å². The molecule has 0 aromatic heterocycles. The van der Waals surface area contributed by atoms with Gasteiger partial charge in [0.05, 0.1) is 5.69 Å². The summed E-state index contributed by atoms with van der Waals surface area (Å²) in [4.78, 5) is 15.5. The fourth-order valence-electron chi connectivity index (χ4n) is 1.19. The Labute approximate surface area is 110 Å². The second kappa shape index (κ2) is 7.35. The number of carbonyl (C=O) groups excluding carboxylic acids is 1. The molecule has 0 heterocycles. The van der Waals surface area contributed by atoms with Crippen LogP contribution in [0.3, 0.4) is 0 Å². The molecule has 0 radical (unpaired) electrons. The van der Waals surface area contributed by atoms with Crippen molar-refractivity contribution in [1.29, 1.82) is 5.26 Å². The summed E-state index contributed by atoms with van der Waals surface area (Å²) in [6, 6.07) is 7.15. The Morgan fingerprint density at radius 1 is 1.56 bits per heavy atom. The number of amides is 1.